The van der Waals surface area contributed by atoms with Crippen LogP contribution in [0.25, 0.3) is 11.0 Å². The van der Waals surface area contributed by atoms with Gasteiger partial charge in [-0.05, 0) is 37.1 Å². The van der Waals surface area contributed by atoms with Crippen molar-refractivity contribution in [3.05, 3.63) is 53.9 Å². The van der Waals surface area contributed by atoms with Gasteiger partial charge >= 0.3 is 0 Å². The van der Waals surface area contributed by atoms with E-state index in [-0.39, 0.29) is 24.4 Å². The Morgan fingerprint density at radius 1 is 1.06 bits per heavy atom. The maximum atomic E-state index is 13.1. The van der Waals surface area contributed by atoms with Gasteiger partial charge in [-0.25, -0.2) is 4.68 Å². The highest BCUT2D eigenvalue weighted by Crippen LogP contribution is 2.31. The Morgan fingerprint density at radius 2 is 1.90 bits per heavy atom. The molecule has 3 aromatic rings. The van der Waals surface area contributed by atoms with Gasteiger partial charge in [-0.15, -0.1) is 5.10 Å². The van der Waals surface area contributed by atoms with Crippen LogP contribution in [0.15, 0.2) is 42.6 Å². The summed E-state index contributed by atoms with van der Waals surface area (Å²) in [6.07, 6.45) is 3.40. The third-order valence-corrected chi connectivity index (χ3v) is 5.95. The van der Waals surface area contributed by atoms with Crippen LogP contribution >= 0.6 is 0 Å². The van der Waals surface area contributed by atoms with Crippen LogP contribution < -0.4 is 0 Å². The first kappa shape index (κ1) is 19.6. The van der Waals surface area contributed by atoms with Gasteiger partial charge in [0.25, 0.3) is 5.91 Å². The number of hydrogen-bond acceptors (Lipinski definition) is 6. The monoisotopic (exact) mass is 420 g/mol. The second-order valence-electron chi connectivity index (χ2n) is 7.86. The molecule has 4 heterocycles. The van der Waals surface area contributed by atoms with Crippen molar-refractivity contribution in [1.29, 1.82) is 0 Å². The summed E-state index contributed by atoms with van der Waals surface area (Å²) in [5.41, 5.74) is 2.99. The molecule has 9 heteroatoms. The highest BCUT2D eigenvalue weighted by molar-refractivity contribution is 5.94. The number of pyridine rings is 1. The Labute approximate surface area is 179 Å². The van der Waals surface area contributed by atoms with Gasteiger partial charge in [-0.1, -0.05) is 17.3 Å². The molecule has 2 aliphatic rings. The van der Waals surface area contributed by atoms with Crippen molar-refractivity contribution >= 4 is 22.8 Å². The molecular weight excluding hydrogens is 396 g/mol. The molecule has 0 aliphatic carbocycles. The molecule has 2 saturated heterocycles. The van der Waals surface area contributed by atoms with Crippen LogP contribution in [0.4, 0.5) is 0 Å². The molecule has 5 rings (SSSR count). The minimum atomic E-state index is -0.0881. The van der Waals surface area contributed by atoms with Gasteiger partial charge in [0.05, 0.1) is 36.0 Å². The van der Waals surface area contributed by atoms with Crippen LogP contribution in [-0.2, 0) is 16.1 Å². The summed E-state index contributed by atoms with van der Waals surface area (Å²) in [4.78, 5) is 33.9. The summed E-state index contributed by atoms with van der Waals surface area (Å²) >= 11 is 0. The molecular formula is C22H24N6O3. The SMILES string of the molecule is O=C(c1ccc([C@H]2CCCN2C(=O)Cn2nnc3ccccc32)nc1)N1CCOCC1. The predicted molar refractivity (Wildman–Crippen MR) is 112 cm³/mol. The van der Waals surface area contributed by atoms with Gasteiger partial charge in [-0.3, -0.25) is 14.6 Å². The first-order valence-corrected chi connectivity index (χ1v) is 10.6. The van der Waals surface area contributed by atoms with Crippen molar-refractivity contribution < 1.29 is 14.3 Å². The molecule has 2 fully saturated rings. The lowest BCUT2D eigenvalue weighted by molar-refractivity contribution is -0.133. The van der Waals surface area contributed by atoms with E-state index in [1.165, 1.54) is 0 Å². The first-order valence-electron chi connectivity index (χ1n) is 10.6. The van der Waals surface area contributed by atoms with Gasteiger partial charge in [0.15, 0.2) is 0 Å². The van der Waals surface area contributed by atoms with Crippen LogP contribution in [0, 0.1) is 0 Å². The topological polar surface area (TPSA) is 93.5 Å². The van der Waals surface area contributed by atoms with E-state index in [1.807, 2.05) is 41.3 Å². The average Bonchev–Trinajstić information content (AvgIpc) is 3.47. The van der Waals surface area contributed by atoms with E-state index >= 15 is 0 Å². The molecule has 2 aromatic heterocycles. The Hall–Kier alpha value is -3.33. The van der Waals surface area contributed by atoms with Gasteiger partial charge in [0, 0.05) is 25.8 Å². The number of carbonyl (C=O) groups excluding carboxylic acids is 2. The molecule has 1 atom stereocenters. The van der Waals surface area contributed by atoms with Crippen LogP contribution in [0.1, 0.15) is 34.9 Å². The zero-order valence-electron chi connectivity index (χ0n) is 17.2. The maximum Gasteiger partial charge on any atom is 0.255 e. The third kappa shape index (κ3) is 3.88. The fourth-order valence-corrected chi connectivity index (χ4v) is 4.30. The first-order chi connectivity index (χ1) is 15.2. The Bertz CT molecular complexity index is 1090. The number of carbonyl (C=O) groups is 2. The Kier molecular flexibility index (Phi) is 5.33. The molecule has 0 radical (unpaired) electrons. The number of benzene rings is 1. The molecule has 1 aromatic carbocycles. The lowest BCUT2D eigenvalue weighted by atomic mass is 10.1. The van der Waals surface area contributed by atoms with Crippen molar-refractivity contribution in [2.24, 2.45) is 0 Å². The number of ether oxygens (including phenoxy) is 1. The molecule has 0 unspecified atom stereocenters. The van der Waals surface area contributed by atoms with Crippen LogP contribution in [0.5, 0.6) is 0 Å². The zero-order chi connectivity index (χ0) is 21.2. The normalized spacial score (nSPS) is 19.2. The lowest BCUT2D eigenvalue weighted by Gasteiger charge is -2.27. The van der Waals surface area contributed by atoms with Crippen molar-refractivity contribution in [2.75, 3.05) is 32.8 Å². The zero-order valence-corrected chi connectivity index (χ0v) is 17.2. The summed E-state index contributed by atoms with van der Waals surface area (Å²) in [7, 11) is 0. The van der Waals surface area contributed by atoms with Gasteiger partial charge < -0.3 is 14.5 Å². The maximum absolute atomic E-state index is 13.1. The fraction of sp³-hybridized carbons (Fsp3) is 0.409. The molecule has 9 nitrogen and oxygen atoms in total. The van der Waals surface area contributed by atoms with E-state index in [0.29, 0.717) is 38.4 Å². The van der Waals surface area contributed by atoms with Crippen molar-refractivity contribution in [3.63, 3.8) is 0 Å². The highest BCUT2D eigenvalue weighted by Gasteiger charge is 2.31. The second-order valence-corrected chi connectivity index (χ2v) is 7.86. The number of amides is 2. The predicted octanol–water partition coefficient (Wildman–Crippen LogP) is 1.66. The standard InChI is InChI=1S/C22H24N6O3/c29-21(15-28-20-5-2-1-4-18(20)24-25-28)27-9-3-6-19(27)17-8-7-16(14-23-17)22(30)26-10-12-31-13-11-26/h1-2,4-5,7-8,14,19H,3,6,9-13,15H2/t19-/m1/s1. The summed E-state index contributed by atoms with van der Waals surface area (Å²) in [6.45, 7) is 3.16. The molecule has 0 bridgehead atoms. The van der Waals surface area contributed by atoms with Crippen molar-refractivity contribution in [2.45, 2.75) is 25.4 Å². The minimum absolute atomic E-state index is 0.00609. The van der Waals surface area contributed by atoms with E-state index < -0.39 is 0 Å². The molecule has 0 saturated carbocycles. The number of para-hydroxylation sites is 1. The van der Waals surface area contributed by atoms with E-state index in [1.54, 1.807) is 15.8 Å². The van der Waals surface area contributed by atoms with E-state index in [9.17, 15) is 9.59 Å². The summed E-state index contributed by atoms with van der Waals surface area (Å²) in [6, 6.07) is 11.2. The Balaban J connectivity index is 1.29. The van der Waals surface area contributed by atoms with Crippen molar-refractivity contribution in [3.8, 4) is 0 Å². The number of morpholine rings is 1. The Morgan fingerprint density at radius 3 is 2.71 bits per heavy atom. The van der Waals surface area contributed by atoms with Gasteiger partial charge in [0.1, 0.15) is 12.1 Å². The quantitative estimate of drug-likeness (QED) is 0.637. The van der Waals surface area contributed by atoms with E-state index in [4.69, 9.17) is 4.74 Å². The van der Waals surface area contributed by atoms with Gasteiger partial charge in [-0.2, -0.15) is 0 Å². The number of rotatable bonds is 4. The number of nitrogens with zero attached hydrogens (tertiary/aromatic N) is 6. The van der Waals surface area contributed by atoms with Crippen LogP contribution in [0.2, 0.25) is 0 Å². The highest BCUT2D eigenvalue weighted by atomic mass is 16.5. The summed E-state index contributed by atoms with van der Waals surface area (Å²) in [5.74, 6) is -0.0341. The summed E-state index contributed by atoms with van der Waals surface area (Å²) in [5, 5.41) is 8.26. The average molecular weight is 420 g/mol. The molecule has 2 amide bonds. The molecule has 0 N–H and O–H groups in total. The molecule has 31 heavy (non-hydrogen) atoms. The number of fused-ring (bicyclic) bond motifs is 1. The van der Waals surface area contributed by atoms with Gasteiger partial charge in [0.2, 0.25) is 5.91 Å². The minimum Gasteiger partial charge on any atom is -0.378 e. The lowest BCUT2D eigenvalue weighted by Crippen LogP contribution is -2.40. The van der Waals surface area contributed by atoms with Crippen molar-refractivity contribution in [1.82, 2.24) is 29.8 Å². The molecule has 2 aliphatic heterocycles. The largest absolute Gasteiger partial charge is 0.378 e. The van der Waals surface area contributed by atoms with Crippen LogP contribution in [-0.4, -0.2) is 74.4 Å². The molecule has 0 spiro atoms. The third-order valence-electron chi connectivity index (χ3n) is 5.95. The van der Waals surface area contributed by atoms with E-state index in [0.717, 1.165) is 29.6 Å². The fourth-order valence-electron chi connectivity index (χ4n) is 4.30. The number of likely N-dealkylation sites (tertiary alicyclic amines) is 1. The number of hydrogen-bond donors (Lipinski definition) is 0. The summed E-state index contributed by atoms with van der Waals surface area (Å²) < 4.78 is 6.95. The van der Waals surface area contributed by atoms with Crippen LogP contribution in [0.3, 0.4) is 0 Å². The smallest absolute Gasteiger partial charge is 0.255 e. The second kappa shape index (κ2) is 8.43. The molecule has 160 valence electrons. The van der Waals surface area contributed by atoms with E-state index in [2.05, 4.69) is 15.3 Å². The number of aromatic nitrogens is 4.